The fourth-order valence-electron chi connectivity index (χ4n) is 0. The van der Waals surface area contributed by atoms with Crippen LogP contribution in [0.4, 0.5) is 0 Å². The normalized spacial score (nSPS) is 0. The Morgan fingerprint density at radius 3 is 0.273 bits per heavy atom. The van der Waals surface area contributed by atoms with Crippen molar-refractivity contribution in [1.29, 1.82) is 0 Å². The van der Waals surface area contributed by atoms with Gasteiger partial charge < -0.3 is 49.3 Å². The van der Waals surface area contributed by atoms with Crippen LogP contribution in [0.15, 0.2) is 0 Å². The summed E-state index contributed by atoms with van der Waals surface area (Å²) in [5.41, 5.74) is 0. The average molecular weight is 210 g/mol. The Balaban J connectivity index is 0. The second-order valence-corrected chi connectivity index (χ2v) is 0. The van der Waals surface area contributed by atoms with Gasteiger partial charge in [0.1, 0.15) is 0 Å². The van der Waals surface area contributed by atoms with Gasteiger partial charge in [-0.15, -0.1) is 0 Å². The van der Waals surface area contributed by atoms with Gasteiger partial charge in [0.2, 0.25) is 0 Å². The molecule has 0 aliphatic rings. The maximum atomic E-state index is 0. The van der Waals surface area contributed by atoms with E-state index in [1.165, 1.54) is 0 Å². The minimum atomic E-state index is 0. The predicted molar refractivity (Wildman–Crippen MR) is 34.0 cm³/mol. The van der Waals surface area contributed by atoms with Gasteiger partial charge in [-0.1, -0.05) is 0 Å². The van der Waals surface area contributed by atoms with Crippen LogP contribution in [0.2, 0.25) is 0 Å². The zero-order valence-electron chi connectivity index (χ0n) is 5.34. The molecule has 0 fully saturated rings. The van der Waals surface area contributed by atoms with E-state index in [1.54, 1.807) is 0 Å². The molecule has 0 unspecified atom stereocenters. The first-order chi connectivity index (χ1) is 0. The summed E-state index contributed by atoms with van der Waals surface area (Å²) in [7, 11) is 0. The fraction of sp³-hybridized carbons (Fsp3) is 0. The molecule has 0 aromatic carbocycles. The van der Waals surface area contributed by atoms with E-state index in [4.69, 9.17) is 0 Å². The smallest absolute Gasteiger partial charge is 0.870 e. The van der Waals surface area contributed by atoms with Crippen LogP contribution in [0.5, 0.6) is 0 Å². The molecular formula is H12Al2O9. The van der Waals surface area contributed by atoms with Crippen molar-refractivity contribution in [3.05, 3.63) is 0 Å². The van der Waals surface area contributed by atoms with Gasteiger partial charge in [-0.2, -0.15) is 0 Å². The molecule has 0 spiro atoms. The Bertz CT molecular complexity index is 7.52. The summed E-state index contributed by atoms with van der Waals surface area (Å²) in [6.45, 7) is 0. The fourth-order valence-corrected chi connectivity index (χ4v) is 0. The Morgan fingerprint density at radius 2 is 0.273 bits per heavy atom. The largest absolute Gasteiger partial charge is 3.00 e. The van der Waals surface area contributed by atoms with Crippen LogP contribution in [-0.2, 0) is 0 Å². The predicted octanol–water partition coefficient (Wildman–Crippen LogP) is -4.30. The van der Waals surface area contributed by atoms with Gasteiger partial charge in [0, 0.05) is 0 Å². The molecule has 0 rings (SSSR count). The number of rotatable bonds is 0. The molecule has 12 N–H and O–H groups in total. The second kappa shape index (κ2) is 2030. The van der Waals surface area contributed by atoms with Gasteiger partial charge in [0.05, 0.1) is 0 Å². The third-order valence-corrected chi connectivity index (χ3v) is 0. The van der Waals surface area contributed by atoms with E-state index in [0.717, 1.165) is 0 Å². The average Bonchev–Trinajstić information content (AvgIpc) is 0. The van der Waals surface area contributed by atoms with Gasteiger partial charge in [0.25, 0.3) is 0 Å². The van der Waals surface area contributed by atoms with Crippen LogP contribution < -0.4 is 0 Å². The van der Waals surface area contributed by atoms with E-state index in [9.17, 15) is 0 Å². The van der Waals surface area contributed by atoms with Gasteiger partial charge in [0.15, 0.2) is 0 Å². The first-order valence-corrected chi connectivity index (χ1v) is 0. The summed E-state index contributed by atoms with van der Waals surface area (Å²) in [5.74, 6) is 0. The van der Waals surface area contributed by atoms with E-state index >= 15 is 0 Å². The monoisotopic (exact) mass is 210 g/mol. The Hall–Kier alpha value is 0.705. The van der Waals surface area contributed by atoms with Crippen molar-refractivity contribution in [2.24, 2.45) is 0 Å². The molecule has 0 atom stereocenters. The van der Waals surface area contributed by atoms with E-state index in [1.807, 2.05) is 0 Å². The molecule has 11 heavy (non-hydrogen) atoms. The molecule has 0 bridgehead atoms. The maximum absolute atomic E-state index is 0. The van der Waals surface area contributed by atoms with Crippen LogP contribution in [-0.4, -0.2) is 84.0 Å². The molecule has 72 valence electrons. The van der Waals surface area contributed by atoms with E-state index in [-0.39, 0.29) is 84.0 Å². The van der Waals surface area contributed by atoms with Gasteiger partial charge >= 0.3 is 34.7 Å². The Morgan fingerprint density at radius 1 is 0.273 bits per heavy atom. The van der Waals surface area contributed by atoms with Gasteiger partial charge in [-0.3, -0.25) is 0 Å². The second-order valence-electron chi connectivity index (χ2n) is 0. The summed E-state index contributed by atoms with van der Waals surface area (Å²) in [5, 5.41) is 0. The summed E-state index contributed by atoms with van der Waals surface area (Å²) in [6, 6.07) is 0. The van der Waals surface area contributed by atoms with Crippen molar-refractivity contribution >= 4 is 34.7 Å². The summed E-state index contributed by atoms with van der Waals surface area (Å²) >= 11 is 0. The van der Waals surface area contributed by atoms with Gasteiger partial charge in [-0.25, -0.2) is 0 Å². The molecule has 0 aliphatic carbocycles. The zero-order valence-corrected chi connectivity index (χ0v) is 7.65. The SMILES string of the molecule is O.O.O.[Al+3].[Al+3].[OH-].[OH-].[OH-].[OH-].[OH-].[OH-]. The summed E-state index contributed by atoms with van der Waals surface area (Å²) in [4.78, 5) is 0. The van der Waals surface area contributed by atoms with Gasteiger partial charge in [-0.05, 0) is 0 Å². The van der Waals surface area contributed by atoms with Crippen molar-refractivity contribution < 1.29 is 49.3 Å². The van der Waals surface area contributed by atoms with Crippen LogP contribution in [0.25, 0.3) is 0 Å². The molecule has 0 saturated carbocycles. The standard InChI is InChI=1S/2Al.9H2O/h;;9*1H2/q2*+3;;;;;;;;;/p-6. The van der Waals surface area contributed by atoms with E-state index in [2.05, 4.69) is 0 Å². The molecule has 0 aliphatic heterocycles. The summed E-state index contributed by atoms with van der Waals surface area (Å²) < 4.78 is 0. The van der Waals surface area contributed by atoms with Crippen LogP contribution >= 0.6 is 0 Å². The minimum Gasteiger partial charge on any atom is -0.870 e. The third kappa shape index (κ3) is 1630. The van der Waals surface area contributed by atoms with E-state index < -0.39 is 0 Å². The molecule has 0 aromatic rings. The molecule has 0 radical (unpaired) electrons. The van der Waals surface area contributed by atoms with Crippen molar-refractivity contribution in [1.82, 2.24) is 0 Å². The van der Waals surface area contributed by atoms with Crippen LogP contribution in [0.3, 0.4) is 0 Å². The molecule has 11 heteroatoms. The Labute approximate surface area is 84.4 Å². The van der Waals surface area contributed by atoms with Crippen molar-refractivity contribution in [2.75, 3.05) is 0 Å². The maximum Gasteiger partial charge on any atom is 3.00 e. The Kier molecular flexibility index (Phi) is 498000. The first-order valence-electron chi connectivity index (χ1n) is 0. The molecule has 0 amide bonds. The number of hydrogen-bond acceptors (Lipinski definition) is 6. The molecule has 0 heterocycles. The topological polar surface area (TPSA) is 274 Å². The van der Waals surface area contributed by atoms with E-state index in [0.29, 0.717) is 0 Å². The van der Waals surface area contributed by atoms with Crippen molar-refractivity contribution in [2.45, 2.75) is 0 Å². The molecule has 0 saturated heterocycles. The first kappa shape index (κ1) is 2700. The summed E-state index contributed by atoms with van der Waals surface area (Å²) in [6.07, 6.45) is 0. The van der Waals surface area contributed by atoms with Crippen molar-refractivity contribution in [3.8, 4) is 0 Å². The quantitative estimate of drug-likeness (QED) is 0.355. The third-order valence-electron chi connectivity index (χ3n) is 0. The zero-order chi connectivity index (χ0) is 0. The van der Waals surface area contributed by atoms with Crippen LogP contribution in [0.1, 0.15) is 0 Å². The molecular weight excluding hydrogens is 198 g/mol. The molecule has 0 aromatic heterocycles. The minimum absolute atomic E-state index is 0. The molecule has 9 nitrogen and oxygen atoms in total. The number of hydrogen-bond donors (Lipinski definition) is 0. The van der Waals surface area contributed by atoms with Crippen molar-refractivity contribution in [3.63, 3.8) is 0 Å². The van der Waals surface area contributed by atoms with Crippen LogP contribution in [0, 0.1) is 0 Å².